The molecule has 1 aliphatic heterocycles. The molecule has 21 heavy (non-hydrogen) atoms. The zero-order chi connectivity index (χ0) is 15.2. The van der Waals surface area contributed by atoms with Crippen molar-refractivity contribution in [2.45, 2.75) is 38.3 Å². The maximum absolute atomic E-state index is 13.2. The molecule has 2 rings (SSSR count). The predicted molar refractivity (Wildman–Crippen MR) is 79.0 cm³/mol. The predicted octanol–water partition coefficient (Wildman–Crippen LogP) is 2.86. The van der Waals surface area contributed by atoms with Crippen LogP contribution in [0, 0.1) is 11.6 Å². The summed E-state index contributed by atoms with van der Waals surface area (Å²) in [4.78, 5) is 2.32. The van der Waals surface area contributed by atoms with Gasteiger partial charge in [0.15, 0.2) is 0 Å². The van der Waals surface area contributed by atoms with Gasteiger partial charge >= 0.3 is 0 Å². The minimum absolute atomic E-state index is 0.298. The normalized spacial score (nSPS) is 21.4. The van der Waals surface area contributed by atoms with Gasteiger partial charge in [-0.25, -0.2) is 8.78 Å². The molecular formula is C16H24F2N2O. The van der Waals surface area contributed by atoms with Gasteiger partial charge in [-0.05, 0) is 50.4 Å². The van der Waals surface area contributed by atoms with E-state index in [2.05, 4.69) is 4.90 Å². The Morgan fingerprint density at radius 2 is 2.05 bits per heavy atom. The highest BCUT2D eigenvalue weighted by Crippen LogP contribution is 2.19. The number of rotatable bonds is 6. The summed E-state index contributed by atoms with van der Waals surface area (Å²) in [5, 5.41) is 0. The van der Waals surface area contributed by atoms with Crippen LogP contribution in [0.4, 0.5) is 8.78 Å². The van der Waals surface area contributed by atoms with Crippen LogP contribution in [0.3, 0.4) is 0 Å². The molecule has 5 heteroatoms. The van der Waals surface area contributed by atoms with E-state index < -0.39 is 11.6 Å². The number of halogens is 2. The summed E-state index contributed by atoms with van der Waals surface area (Å²) in [6.07, 6.45) is 3.20. The number of nitrogens with two attached hydrogens (primary N) is 1. The smallest absolute Gasteiger partial charge is 0.126 e. The summed E-state index contributed by atoms with van der Waals surface area (Å²) in [5.74, 6) is -1.15. The lowest BCUT2D eigenvalue weighted by Crippen LogP contribution is -2.40. The van der Waals surface area contributed by atoms with Crippen LogP contribution >= 0.6 is 0 Å². The van der Waals surface area contributed by atoms with Crippen molar-refractivity contribution in [2.24, 2.45) is 5.73 Å². The zero-order valence-electron chi connectivity index (χ0n) is 12.5. The minimum Gasteiger partial charge on any atom is -0.377 e. The molecule has 118 valence electrons. The zero-order valence-corrected chi connectivity index (χ0v) is 12.5. The van der Waals surface area contributed by atoms with Crippen molar-refractivity contribution in [3.05, 3.63) is 35.4 Å². The molecular weight excluding hydrogens is 274 g/mol. The van der Waals surface area contributed by atoms with E-state index in [1.165, 1.54) is 12.1 Å². The van der Waals surface area contributed by atoms with E-state index in [1.807, 2.05) is 6.92 Å². The van der Waals surface area contributed by atoms with E-state index in [0.29, 0.717) is 18.1 Å². The monoisotopic (exact) mass is 298 g/mol. The average molecular weight is 298 g/mol. The summed E-state index contributed by atoms with van der Waals surface area (Å²) in [6, 6.07) is 3.15. The largest absolute Gasteiger partial charge is 0.377 e. The number of benzene rings is 1. The third kappa shape index (κ3) is 5.02. The van der Waals surface area contributed by atoms with Crippen molar-refractivity contribution in [3.63, 3.8) is 0 Å². The Kier molecular flexibility index (Phi) is 6.08. The summed E-state index contributed by atoms with van der Waals surface area (Å²) >= 11 is 0. The topological polar surface area (TPSA) is 38.5 Å². The molecule has 2 N–H and O–H groups in total. The molecule has 0 aliphatic carbocycles. The van der Waals surface area contributed by atoms with Crippen molar-refractivity contribution in [1.82, 2.24) is 4.90 Å². The molecule has 1 aromatic rings. The maximum Gasteiger partial charge on any atom is 0.126 e. The molecule has 1 aromatic carbocycles. The second-order valence-electron chi connectivity index (χ2n) is 5.62. The quantitative estimate of drug-likeness (QED) is 0.877. The molecule has 0 spiro atoms. The second-order valence-corrected chi connectivity index (χ2v) is 5.62. The summed E-state index contributed by atoms with van der Waals surface area (Å²) < 4.78 is 32.1. The van der Waals surface area contributed by atoms with E-state index in [1.54, 1.807) is 0 Å². The van der Waals surface area contributed by atoms with E-state index in [4.69, 9.17) is 10.5 Å². The van der Waals surface area contributed by atoms with Gasteiger partial charge in [0.05, 0.1) is 6.10 Å². The lowest BCUT2D eigenvalue weighted by Gasteiger charge is -2.33. The Morgan fingerprint density at radius 1 is 1.33 bits per heavy atom. The Hall–Kier alpha value is -1.04. The molecule has 1 heterocycles. The van der Waals surface area contributed by atoms with Gasteiger partial charge in [-0.15, -0.1) is 0 Å². The van der Waals surface area contributed by atoms with Gasteiger partial charge < -0.3 is 15.4 Å². The fourth-order valence-corrected chi connectivity index (χ4v) is 2.87. The Balaban J connectivity index is 1.84. The van der Waals surface area contributed by atoms with E-state index in [0.717, 1.165) is 45.1 Å². The molecule has 0 aromatic heterocycles. The van der Waals surface area contributed by atoms with Crippen molar-refractivity contribution in [1.29, 1.82) is 0 Å². The summed E-state index contributed by atoms with van der Waals surface area (Å²) in [7, 11) is 0. The fraction of sp³-hybridized carbons (Fsp3) is 0.625. The van der Waals surface area contributed by atoms with Gasteiger partial charge in [0, 0.05) is 31.8 Å². The Morgan fingerprint density at radius 3 is 2.71 bits per heavy atom. The van der Waals surface area contributed by atoms with Crippen LogP contribution in [-0.4, -0.2) is 37.2 Å². The maximum atomic E-state index is 13.2. The SMILES string of the molecule is CCOC1CCCN(CCC(N)c2cc(F)cc(F)c2)C1. The number of likely N-dealkylation sites (tertiary alicyclic amines) is 1. The van der Waals surface area contributed by atoms with Crippen LogP contribution in [0.25, 0.3) is 0 Å². The van der Waals surface area contributed by atoms with Gasteiger partial charge in [-0.3, -0.25) is 0 Å². The van der Waals surface area contributed by atoms with Gasteiger partial charge in [0.2, 0.25) is 0 Å². The number of hydrogen-bond donors (Lipinski definition) is 1. The highest BCUT2D eigenvalue weighted by molar-refractivity contribution is 5.21. The van der Waals surface area contributed by atoms with Gasteiger partial charge in [-0.1, -0.05) is 0 Å². The fourth-order valence-electron chi connectivity index (χ4n) is 2.87. The van der Waals surface area contributed by atoms with E-state index in [-0.39, 0.29) is 6.04 Å². The van der Waals surface area contributed by atoms with Crippen LogP contribution in [-0.2, 0) is 4.74 Å². The molecule has 2 unspecified atom stereocenters. The second kappa shape index (κ2) is 7.82. The Labute approximate surface area is 125 Å². The third-order valence-corrected chi connectivity index (χ3v) is 3.93. The van der Waals surface area contributed by atoms with Crippen molar-refractivity contribution >= 4 is 0 Å². The first kappa shape index (κ1) is 16.3. The first-order valence-corrected chi connectivity index (χ1v) is 7.64. The molecule has 3 nitrogen and oxygen atoms in total. The van der Waals surface area contributed by atoms with E-state index >= 15 is 0 Å². The first-order valence-electron chi connectivity index (χ1n) is 7.64. The molecule has 2 atom stereocenters. The summed E-state index contributed by atoms with van der Waals surface area (Å²) in [6.45, 7) is 5.52. The highest BCUT2D eigenvalue weighted by Gasteiger charge is 2.20. The number of piperidine rings is 1. The number of hydrogen-bond acceptors (Lipinski definition) is 3. The molecule has 1 aliphatic rings. The molecule has 0 bridgehead atoms. The molecule has 0 amide bonds. The van der Waals surface area contributed by atoms with Gasteiger partial charge in [0.25, 0.3) is 0 Å². The van der Waals surface area contributed by atoms with Crippen LogP contribution in [0.5, 0.6) is 0 Å². The highest BCUT2D eigenvalue weighted by atomic mass is 19.1. The van der Waals surface area contributed by atoms with Crippen LogP contribution in [0.15, 0.2) is 18.2 Å². The Bertz CT molecular complexity index is 434. The minimum atomic E-state index is -0.574. The summed E-state index contributed by atoms with van der Waals surface area (Å²) in [5.41, 5.74) is 6.57. The van der Waals surface area contributed by atoms with Gasteiger partial charge in [-0.2, -0.15) is 0 Å². The van der Waals surface area contributed by atoms with Crippen LogP contribution in [0.2, 0.25) is 0 Å². The lowest BCUT2D eigenvalue weighted by molar-refractivity contribution is 0.00529. The molecule has 0 saturated carbocycles. The first-order chi connectivity index (χ1) is 10.1. The van der Waals surface area contributed by atoms with Crippen molar-refractivity contribution < 1.29 is 13.5 Å². The number of ether oxygens (including phenoxy) is 1. The standard InChI is InChI=1S/C16H24F2N2O/c1-2-21-15-4-3-6-20(11-15)7-5-16(19)12-8-13(17)10-14(18)9-12/h8-10,15-16H,2-7,11,19H2,1H3. The van der Waals surface area contributed by atoms with Crippen LogP contribution in [0.1, 0.15) is 37.8 Å². The number of nitrogens with zero attached hydrogens (tertiary/aromatic N) is 1. The molecule has 1 fully saturated rings. The van der Waals surface area contributed by atoms with Crippen LogP contribution < -0.4 is 5.73 Å². The molecule has 0 radical (unpaired) electrons. The molecule has 1 saturated heterocycles. The van der Waals surface area contributed by atoms with Gasteiger partial charge in [0.1, 0.15) is 11.6 Å². The lowest BCUT2D eigenvalue weighted by atomic mass is 10.0. The third-order valence-electron chi connectivity index (χ3n) is 3.93. The van der Waals surface area contributed by atoms with E-state index in [9.17, 15) is 8.78 Å². The van der Waals surface area contributed by atoms with Crippen molar-refractivity contribution in [3.8, 4) is 0 Å². The average Bonchev–Trinajstić information content (AvgIpc) is 2.44. The van der Waals surface area contributed by atoms with Crippen molar-refractivity contribution in [2.75, 3.05) is 26.2 Å².